The Bertz CT molecular complexity index is 1220. The summed E-state index contributed by atoms with van der Waals surface area (Å²) in [4.78, 5) is 24.8. The zero-order valence-electron chi connectivity index (χ0n) is 16.9. The molecule has 31 heavy (non-hydrogen) atoms. The highest BCUT2D eigenvalue weighted by Crippen LogP contribution is 2.23. The molecule has 158 valence electrons. The number of pyridine rings is 1. The van der Waals surface area contributed by atoms with Gasteiger partial charge in [-0.1, -0.05) is 11.6 Å². The largest absolute Gasteiger partial charge is 0.455 e. The van der Waals surface area contributed by atoms with Gasteiger partial charge in [-0.15, -0.1) is 0 Å². The normalized spacial score (nSPS) is 10.9. The van der Waals surface area contributed by atoms with E-state index in [-0.39, 0.29) is 18.7 Å². The summed E-state index contributed by atoms with van der Waals surface area (Å²) in [5.41, 5.74) is 3.63. The number of halogens is 1. The molecule has 0 atom stereocenters. The maximum absolute atomic E-state index is 12.5. The van der Waals surface area contributed by atoms with Crippen LogP contribution in [-0.2, 0) is 22.7 Å². The maximum atomic E-state index is 12.5. The van der Waals surface area contributed by atoms with Crippen molar-refractivity contribution in [2.75, 3.05) is 7.11 Å². The number of aryl methyl sites for hydroxylation is 1. The Morgan fingerprint density at radius 2 is 2.06 bits per heavy atom. The van der Waals surface area contributed by atoms with E-state index in [1.807, 2.05) is 18.2 Å². The van der Waals surface area contributed by atoms with Crippen LogP contribution in [0.5, 0.6) is 0 Å². The van der Waals surface area contributed by atoms with Gasteiger partial charge in [0.1, 0.15) is 29.7 Å². The van der Waals surface area contributed by atoms with Crippen molar-refractivity contribution in [1.82, 2.24) is 9.99 Å². The smallest absolute Gasteiger partial charge is 0.269 e. The van der Waals surface area contributed by atoms with Crippen LogP contribution in [0, 0.1) is 18.3 Å². The third kappa shape index (κ3) is 5.28. The number of rotatable bonds is 7. The summed E-state index contributed by atoms with van der Waals surface area (Å²) in [7, 11) is 1.48. The van der Waals surface area contributed by atoms with Crippen molar-refractivity contribution in [3.8, 4) is 17.4 Å². The lowest BCUT2D eigenvalue weighted by Crippen LogP contribution is -2.33. The molecule has 3 aromatic rings. The lowest BCUT2D eigenvalue weighted by molar-refractivity contribution is -0.121. The Balaban J connectivity index is 1.67. The molecule has 9 heteroatoms. The highest BCUT2D eigenvalue weighted by atomic mass is 35.5. The van der Waals surface area contributed by atoms with E-state index in [9.17, 15) is 14.9 Å². The van der Waals surface area contributed by atoms with Crippen LogP contribution in [0.25, 0.3) is 11.3 Å². The quantitative estimate of drug-likeness (QED) is 0.449. The number of nitrogens with zero attached hydrogens (tertiary/aromatic N) is 3. The van der Waals surface area contributed by atoms with Crippen LogP contribution in [0.3, 0.4) is 0 Å². The Morgan fingerprint density at radius 3 is 2.74 bits per heavy atom. The molecule has 0 spiro atoms. The van der Waals surface area contributed by atoms with Gasteiger partial charge in [-0.2, -0.15) is 10.4 Å². The predicted octanol–water partition coefficient (Wildman–Crippen LogP) is 3.24. The molecular formula is C22H19ClN4O4. The molecule has 1 amide bonds. The van der Waals surface area contributed by atoms with Gasteiger partial charge in [0.2, 0.25) is 0 Å². The van der Waals surface area contributed by atoms with Crippen LogP contribution < -0.4 is 11.0 Å². The second kappa shape index (κ2) is 9.89. The molecule has 0 aliphatic rings. The van der Waals surface area contributed by atoms with Gasteiger partial charge in [0.05, 0.1) is 12.8 Å². The molecule has 0 bridgehead atoms. The molecule has 1 aromatic carbocycles. The SMILES string of the molecule is COCc1cc(C)n(CC(=O)NN=Cc2ccc(-c3ccc(Cl)cc3)o2)c(=O)c1C#N. The van der Waals surface area contributed by atoms with Gasteiger partial charge in [0.15, 0.2) is 0 Å². The fourth-order valence-corrected chi connectivity index (χ4v) is 3.08. The Labute approximate surface area is 183 Å². The number of hydrogen-bond acceptors (Lipinski definition) is 6. The summed E-state index contributed by atoms with van der Waals surface area (Å²) in [5, 5.41) is 13.8. The molecule has 8 nitrogen and oxygen atoms in total. The van der Waals surface area contributed by atoms with Crippen molar-refractivity contribution < 1.29 is 13.9 Å². The minimum Gasteiger partial charge on any atom is -0.455 e. The zero-order valence-corrected chi connectivity index (χ0v) is 17.6. The summed E-state index contributed by atoms with van der Waals surface area (Å²) >= 11 is 5.88. The summed E-state index contributed by atoms with van der Waals surface area (Å²) in [6.45, 7) is 1.54. The van der Waals surface area contributed by atoms with E-state index in [4.69, 9.17) is 20.8 Å². The first-order valence-corrected chi connectivity index (χ1v) is 9.60. The summed E-state index contributed by atoms with van der Waals surface area (Å²) in [5.74, 6) is 0.551. The predicted molar refractivity (Wildman–Crippen MR) is 116 cm³/mol. The number of carbonyl (C=O) groups excluding carboxylic acids is 1. The van der Waals surface area contributed by atoms with Crippen LogP contribution in [-0.4, -0.2) is 23.8 Å². The Morgan fingerprint density at radius 1 is 1.32 bits per heavy atom. The minimum absolute atomic E-state index is 0.0472. The van der Waals surface area contributed by atoms with Gasteiger partial charge in [-0.05, 0) is 49.4 Å². The van der Waals surface area contributed by atoms with Crippen molar-refractivity contribution in [3.05, 3.63) is 80.4 Å². The summed E-state index contributed by atoms with van der Waals surface area (Å²) in [6, 6.07) is 14.2. The fourth-order valence-electron chi connectivity index (χ4n) is 2.96. The third-order valence-corrected chi connectivity index (χ3v) is 4.69. The summed E-state index contributed by atoms with van der Waals surface area (Å²) in [6.07, 6.45) is 1.36. The van der Waals surface area contributed by atoms with Gasteiger partial charge in [-0.3, -0.25) is 9.59 Å². The number of hydrazone groups is 1. The maximum Gasteiger partial charge on any atom is 0.269 e. The minimum atomic E-state index is -0.549. The molecule has 1 N–H and O–H groups in total. The van der Waals surface area contributed by atoms with Crippen LogP contribution >= 0.6 is 11.6 Å². The monoisotopic (exact) mass is 438 g/mol. The standard InChI is InChI=1S/C22H19ClN4O4/c1-14-9-16(13-30-2)19(10-24)22(29)27(14)12-21(28)26-25-11-18-7-8-20(31-18)15-3-5-17(23)6-4-15/h3-9,11H,12-13H2,1-2H3,(H,26,28). The van der Waals surface area contributed by atoms with Crippen molar-refractivity contribution in [3.63, 3.8) is 0 Å². The molecule has 3 rings (SSSR count). The second-order valence-corrected chi connectivity index (χ2v) is 7.06. The number of nitriles is 1. The van der Waals surface area contributed by atoms with E-state index in [2.05, 4.69) is 10.5 Å². The number of amides is 1. The molecule has 0 aliphatic carbocycles. The molecule has 2 aromatic heterocycles. The van der Waals surface area contributed by atoms with Crippen LogP contribution in [0.4, 0.5) is 0 Å². The first-order valence-electron chi connectivity index (χ1n) is 9.23. The van der Waals surface area contributed by atoms with Gasteiger partial charge in [0, 0.05) is 29.0 Å². The molecule has 2 heterocycles. The summed E-state index contributed by atoms with van der Waals surface area (Å²) < 4.78 is 11.9. The van der Waals surface area contributed by atoms with Crippen LogP contribution in [0.2, 0.25) is 5.02 Å². The number of nitrogens with one attached hydrogen (secondary N) is 1. The topological polar surface area (TPSA) is 110 Å². The number of furan rings is 1. The molecule has 0 aliphatic heterocycles. The van der Waals surface area contributed by atoms with Crippen molar-refractivity contribution >= 4 is 23.7 Å². The molecule has 0 unspecified atom stereocenters. The van der Waals surface area contributed by atoms with Crippen molar-refractivity contribution in [2.45, 2.75) is 20.1 Å². The molecule has 0 fully saturated rings. The number of benzene rings is 1. The van der Waals surface area contributed by atoms with Crippen molar-refractivity contribution in [2.24, 2.45) is 5.10 Å². The fraction of sp³-hybridized carbons (Fsp3) is 0.182. The number of methoxy groups -OCH3 is 1. The first-order chi connectivity index (χ1) is 14.9. The van der Waals surface area contributed by atoms with Gasteiger partial charge >= 0.3 is 0 Å². The third-order valence-electron chi connectivity index (χ3n) is 4.44. The molecular weight excluding hydrogens is 420 g/mol. The van der Waals surface area contributed by atoms with E-state index < -0.39 is 11.5 Å². The average molecular weight is 439 g/mol. The molecule has 0 radical (unpaired) electrons. The lowest BCUT2D eigenvalue weighted by atomic mass is 10.1. The van der Waals surface area contributed by atoms with Crippen LogP contribution in [0.1, 0.15) is 22.6 Å². The van der Waals surface area contributed by atoms with E-state index in [1.54, 1.807) is 37.3 Å². The van der Waals surface area contributed by atoms with Gasteiger partial charge in [0.25, 0.3) is 11.5 Å². The Kier molecular flexibility index (Phi) is 7.03. The number of carbonyl (C=O) groups is 1. The van der Waals surface area contributed by atoms with Gasteiger partial charge in [-0.25, -0.2) is 5.43 Å². The first kappa shape index (κ1) is 22.0. The lowest BCUT2D eigenvalue weighted by Gasteiger charge is -2.12. The van der Waals surface area contributed by atoms with E-state index in [0.717, 1.165) is 5.56 Å². The highest BCUT2D eigenvalue weighted by molar-refractivity contribution is 6.30. The molecule has 0 saturated heterocycles. The second-order valence-electron chi connectivity index (χ2n) is 6.62. The van der Waals surface area contributed by atoms with E-state index in [1.165, 1.54) is 17.9 Å². The van der Waals surface area contributed by atoms with Gasteiger partial charge < -0.3 is 13.7 Å². The van der Waals surface area contributed by atoms with E-state index >= 15 is 0 Å². The van der Waals surface area contributed by atoms with Crippen molar-refractivity contribution in [1.29, 1.82) is 5.26 Å². The highest BCUT2D eigenvalue weighted by Gasteiger charge is 2.14. The average Bonchev–Trinajstić information content (AvgIpc) is 3.21. The number of hydrogen-bond donors (Lipinski definition) is 1. The number of ether oxygens (including phenoxy) is 1. The number of aromatic nitrogens is 1. The van der Waals surface area contributed by atoms with Crippen LogP contribution in [0.15, 0.2) is 56.8 Å². The van der Waals surface area contributed by atoms with E-state index in [0.29, 0.717) is 27.8 Å². The zero-order chi connectivity index (χ0) is 22.4. The molecule has 0 saturated carbocycles. The Hall–Kier alpha value is -3.67.